The lowest BCUT2D eigenvalue weighted by Gasteiger charge is -2.04. The molecule has 0 amide bonds. The van der Waals surface area contributed by atoms with E-state index in [0.29, 0.717) is 5.56 Å². The van der Waals surface area contributed by atoms with Gasteiger partial charge in [0.25, 0.3) is 0 Å². The molecule has 1 aromatic carbocycles. The third-order valence-electron chi connectivity index (χ3n) is 1.75. The normalized spacial score (nSPS) is 10.9. The van der Waals surface area contributed by atoms with Crippen molar-refractivity contribution in [3.63, 3.8) is 0 Å². The van der Waals surface area contributed by atoms with Crippen molar-refractivity contribution >= 4 is 6.08 Å². The lowest BCUT2D eigenvalue weighted by Crippen LogP contribution is -1.89. The van der Waals surface area contributed by atoms with E-state index in [2.05, 4.69) is 0 Å². The lowest BCUT2D eigenvalue weighted by atomic mass is 10.1. The molecule has 0 saturated carbocycles. The Bertz CT molecular complexity index is 305. The van der Waals surface area contributed by atoms with E-state index in [1.54, 1.807) is 24.3 Å². The molecule has 0 aliphatic heterocycles. The topological polar surface area (TPSA) is 60.7 Å². The van der Waals surface area contributed by atoms with Crippen LogP contribution >= 0.6 is 0 Å². The molecule has 70 valence electrons. The van der Waals surface area contributed by atoms with Crippen LogP contribution in [0.15, 0.2) is 24.3 Å². The highest BCUT2D eigenvalue weighted by Crippen LogP contribution is 2.21. The molecule has 13 heavy (non-hydrogen) atoms. The Morgan fingerprint density at radius 3 is 2.62 bits per heavy atom. The van der Waals surface area contributed by atoms with E-state index in [1.165, 1.54) is 6.07 Å². The third kappa shape index (κ3) is 2.31. The smallest absolute Gasteiger partial charge is 0.121 e. The minimum atomic E-state index is -0.211. The van der Waals surface area contributed by atoms with Gasteiger partial charge in [-0.2, -0.15) is 0 Å². The fourth-order valence-corrected chi connectivity index (χ4v) is 1.10. The highest BCUT2D eigenvalue weighted by molar-refractivity contribution is 5.57. The van der Waals surface area contributed by atoms with E-state index in [0.717, 1.165) is 5.56 Å². The number of aliphatic hydroxyl groups excluding tert-OH is 2. The highest BCUT2D eigenvalue weighted by atomic mass is 16.3. The Balaban J connectivity index is 3.05. The summed E-state index contributed by atoms with van der Waals surface area (Å²) < 4.78 is 0. The number of aliphatic hydroxyl groups is 2. The van der Waals surface area contributed by atoms with Gasteiger partial charge < -0.3 is 15.3 Å². The van der Waals surface area contributed by atoms with Crippen LogP contribution in [-0.4, -0.2) is 21.9 Å². The quantitative estimate of drug-likeness (QED) is 0.647. The van der Waals surface area contributed by atoms with Gasteiger partial charge in [0.1, 0.15) is 5.75 Å². The second kappa shape index (κ2) is 4.64. The van der Waals surface area contributed by atoms with Crippen LogP contribution in [0.3, 0.4) is 0 Å². The second-order valence-electron chi connectivity index (χ2n) is 2.59. The number of phenols is 1. The minimum Gasteiger partial charge on any atom is -0.508 e. The monoisotopic (exact) mass is 180 g/mol. The van der Waals surface area contributed by atoms with Gasteiger partial charge in [0.15, 0.2) is 0 Å². The summed E-state index contributed by atoms with van der Waals surface area (Å²) in [5.41, 5.74) is 1.20. The molecular weight excluding hydrogens is 168 g/mol. The Kier molecular flexibility index (Phi) is 3.49. The summed E-state index contributed by atoms with van der Waals surface area (Å²) in [7, 11) is 0. The van der Waals surface area contributed by atoms with Crippen LogP contribution in [0, 0.1) is 0 Å². The van der Waals surface area contributed by atoms with Gasteiger partial charge in [0.05, 0.1) is 13.2 Å². The largest absolute Gasteiger partial charge is 0.508 e. The zero-order valence-corrected chi connectivity index (χ0v) is 7.14. The van der Waals surface area contributed by atoms with Gasteiger partial charge in [0, 0.05) is 5.56 Å². The number of rotatable bonds is 3. The molecule has 0 aliphatic rings. The van der Waals surface area contributed by atoms with Crippen molar-refractivity contribution in [3.8, 4) is 5.75 Å². The molecule has 0 spiro atoms. The maximum atomic E-state index is 9.33. The summed E-state index contributed by atoms with van der Waals surface area (Å²) in [6, 6.07) is 4.96. The molecule has 0 heterocycles. The molecule has 0 atom stereocenters. The predicted molar refractivity (Wildman–Crippen MR) is 50.1 cm³/mol. The van der Waals surface area contributed by atoms with Gasteiger partial charge in [-0.1, -0.05) is 24.3 Å². The molecule has 0 aliphatic carbocycles. The van der Waals surface area contributed by atoms with Gasteiger partial charge in [-0.05, 0) is 11.6 Å². The maximum absolute atomic E-state index is 9.33. The van der Waals surface area contributed by atoms with E-state index in [-0.39, 0.29) is 19.0 Å². The Hall–Kier alpha value is -1.32. The van der Waals surface area contributed by atoms with Crippen LogP contribution in [0.4, 0.5) is 0 Å². The molecule has 1 aromatic rings. The van der Waals surface area contributed by atoms with E-state index in [1.807, 2.05) is 0 Å². The average Bonchev–Trinajstić information content (AvgIpc) is 2.15. The first-order valence-electron chi connectivity index (χ1n) is 3.98. The predicted octanol–water partition coefficient (Wildman–Crippen LogP) is 0.890. The summed E-state index contributed by atoms with van der Waals surface area (Å²) >= 11 is 0. The summed E-state index contributed by atoms with van der Waals surface area (Å²) in [5, 5.41) is 26.8. The van der Waals surface area contributed by atoms with Gasteiger partial charge in [-0.25, -0.2) is 0 Å². The SMILES string of the molecule is OCC=Cc1cccc(O)c1CO. The second-order valence-corrected chi connectivity index (χ2v) is 2.59. The van der Waals surface area contributed by atoms with Crippen molar-refractivity contribution in [1.82, 2.24) is 0 Å². The lowest BCUT2D eigenvalue weighted by molar-refractivity contribution is 0.275. The van der Waals surface area contributed by atoms with Crippen LogP contribution in [0.5, 0.6) is 5.75 Å². The highest BCUT2D eigenvalue weighted by Gasteiger charge is 2.02. The van der Waals surface area contributed by atoms with E-state index >= 15 is 0 Å². The molecule has 0 fully saturated rings. The van der Waals surface area contributed by atoms with Crippen molar-refractivity contribution in [2.24, 2.45) is 0 Å². The van der Waals surface area contributed by atoms with Crippen LogP contribution in [0.2, 0.25) is 0 Å². The molecule has 0 unspecified atom stereocenters. The number of hydrogen-bond acceptors (Lipinski definition) is 3. The van der Waals surface area contributed by atoms with Gasteiger partial charge in [-0.3, -0.25) is 0 Å². The molecule has 0 aromatic heterocycles. The zero-order valence-electron chi connectivity index (χ0n) is 7.14. The first-order chi connectivity index (χ1) is 6.29. The summed E-state index contributed by atoms with van der Waals surface area (Å²) in [5.74, 6) is 0.0718. The van der Waals surface area contributed by atoms with Crippen molar-refractivity contribution in [2.45, 2.75) is 6.61 Å². The number of aromatic hydroxyl groups is 1. The summed E-state index contributed by atoms with van der Waals surface area (Å²) in [4.78, 5) is 0. The van der Waals surface area contributed by atoms with Crippen molar-refractivity contribution < 1.29 is 15.3 Å². The van der Waals surface area contributed by atoms with E-state index in [4.69, 9.17) is 10.2 Å². The number of hydrogen-bond donors (Lipinski definition) is 3. The van der Waals surface area contributed by atoms with Crippen molar-refractivity contribution in [3.05, 3.63) is 35.4 Å². The standard InChI is InChI=1S/C10H12O3/c11-6-2-4-8-3-1-5-10(13)9(8)7-12/h1-5,11-13H,6-7H2. The first-order valence-corrected chi connectivity index (χ1v) is 3.98. The first kappa shape index (κ1) is 9.77. The van der Waals surface area contributed by atoms with E-state index < -0.39 is 0 Å². The van der Waals surface area contributed by atoms with Gasteiger partial charge >= 0.3 is 0 Å². The maximum Gasteiger partial charge on any atom is 0.121 e. The van der Waals surface area contributed by atoms with Gasteiger partial charge in [-0.15, -0.1) is 0 Å². The molecule has 3 N–H and O–H groups in total. The molecule has 3 nitrogen and oxygen atoms in total. The van der Waals surface area contributed by atoms with Crippen LogP contribution in [0.25, 0.3) is 6.08 Å². The van der Waals surface area contributed by atoms with Crippen LogP contribution < -0.4 is 0 Å². The Labute approximate surface area is 76.6 Å². The third-order valence-corrected chi connectivity index (χ3v) is 1.75. The fourth-order valence-electron chi connectivity index (χ4n) is 1.10. The van der Waals surface area contributed by atoms with E-state index in [9.17, 15) is 5.11 Å². The number of benzene rings is 1. The molecular formula is C10H12O3. The summed E-state index contributed by atoms with van der Waals surface area (Å²) in [6.45, 7) is -0.266. The van der Waals surface area contributed by atoms with Crippen molar-refractivity contribution in [2.75, 3.05) is 6.61 Å². The Morgan fingerprint density at radius 2 is 2.00 bits per heavy atom. The van der Waals surface area contributed by atoms with Crippen LogP contribution in [-0.2, 0) is 6.61 Å². The fraction of sp³-hybridized carbons (Fsp3) is 0.200. The summed E-state index contributed by atoms with van der Waals surface area (Å²) in [6.07, 6.45) is 3.21. The van der Waals surface area contributed by atoms with Crippen molar-refractivity contribution in [1.29, 1.82) is 0 Å². The van der Waals surface area contributed by atoms with Gasteiger partial charge in [0.2, 0.25) is 0 Å². The molecule has 0 saturated heterocycles. The zero-order chi connectivity index (χ0) is 9.68. The average molecular weight is 180 g/mol. The molecule has 0 bridgehead atoms. The van der Waals surface area contributed by atoms with Crippen LogP contribution in [0.1, 0.15) is 11.1 Å². The Morgan fingerprint density at radius 1 is 1.23 bits per heavy atom. The molecule has 3 heteroatoms. The molecule has 0 radical (unpaired) electrons. The minimum absolute atomic E-state index is 0.0550. The molecule has 1 rings (SSSR count).